The van der Waals surface area contributed by atoms with Crippen molar-refractivity contribution in [3.05, 3.63) is 35.9 Å². The van der Waals surface area contributed by atoms with Gasteiger partial charge in [-0.05, 0) is 0 Å². The van der Waals surface area contributed by atoms with Crippen LogP contribution in [0.2, 0.25) is 17.7 Å². The number of ether oxygens (including phenoxy) is 1. The average molecular weight is 595 g/mol. The number of likely N-dealkylation sites (tertiary alicyclic amines) is 1. The first-order valence-corrected chi connectivity index (χ1v) is 22.2. The molecule has 1 fully saturated rings. The van der Waals surface area contributed by atoms with Crippen molar-refractivity contribution in [2.75, 3.05) is 13.1 Å². The van der Waals surface area contributed by atoms with E-state index in [1.54, 1.807) is 0 Å². The van der Waals surface area contributed by atoms with Gasteiger partial charge in [0.1, 0.15) is 0 Å². The number of hydroxylamine groups is 1. The molecule has 1 heterocycles. The SMILES string of the molecule is CCC[CH2][Sn]([CH2]CCC)([CH2]CCC)[CH2]C1CN(C(=O)OC(C)(C)C)CC1NOCc1ccccc1. The molecule has 2 atom stereocenters. The molecule has 35 heavy (non-hydrogen) atoms. The third-order valence-corrected chi connectivity index (χ3v) is 23.4. The number of unbranched alkanes of at least 4 members (excludes halogenated alkanes) is 3. The predicted octanol–water partition coefficient (Wildman–Crippen LogP) is 7.79. The van der Waals surface area contributed by atoms with Gasteiger partial charge in [-0.25, -0.2) is 0 Å². The molecule has 2 rings (SSSR count). The van der Waals surface area contributed by atoms with Crippen molar-refractivity contribution in [2.45, 2.75) is 116 Å². The summed E-state index contributed by atoms with van der Waals surface area (Å²) in [6.07, 6.45) is 7.78. The van der Waals surface area contributed by atoms with Crippen LogP contribution in [0.3, 0.4) is 0 Å². The van der Waals surface area contributed by atoms with Gasteiger partial charge in [-0.1, -0.05) is 0 Å². The Balaban J connectivity index is 2.17. The minimum atomic E-state index is -2.37. The molecule has 2 unspecified atom stereocenters. The van der Waals surface area contributed by atoms with Crippen molar-refractivity contribution in [2.24, 2.45) is 5.92 Å². The number of carbonyl (C=O) groups excluding carboxylic acids is 1. The third kappa shape index (κ3) is 11.0. The van der Waals surface area contributed by atoms with Gasteiger partial charge >= 0.3 is 220 Å². The van der Waals surface area contributed by atoms with Crippen LogP contribution in [0.25, 0.3) is 0 Å². The Kier molecular flexibility index (Phi) is 13.4. The van der Waals surface area contributed by atoms with Crippen LogP contribution in [0.5, 0.6) is 0 Å². The molecule has 0 aliphatic carbocycles. The van der Waals surface area contributed by atoms with Crippen molar-refractivity contribution >= 4 is 24.5 Å². The van der Waals surface area contributed by atoms with Crippen molar-refractivity contribution in [3.8, 4) is 0 Å². The molecular weight excluding hydrogens is 543 g/mol. The number of nitrogens with one attached hydrogen (secondary N) is 1. The van der Waals surface area contributed by atoms with Crippen LogP contribution >= 0.6 is 0 Å². The Morgan fingerprint density at radius 1 is 0.971 bits per heavy atom. The van der Waals surface area contributed by atoms with Gasteiger partial charge in [-0.15, -0.1) is 0 Å². The monoisotopic (exact) mass is 596 g/mol. The molecule has 0 spiro atoms. The Labute approximate surface area is 219 Å². The van der Waals surface area contributed by atoms with Crippen molar-refractivity contribution in [1.29, 1.82) is 0 Å². The van der Waals surface area contributed by atoms with E-state index in [1.807, 2.05) is 43.9 Å². The Bertz CT molecular complexity index is 701. The van der Waals surface area contributed by atoms with Gasteiger partial charge in [0.05, 0.1) is 0 Å². The fourth-order valence-electron chi connectivity index (χ4n) is 5.39. The molecule has 0 bridgehead atoms. The Morgan fingerprint density at radius 3 is 2.06 bits per heavy atom. The molecule has 1 amide bonds. The number of benzene rings is 1. The molecule has 1 aromatic carbocycles. The molecular formula is C29H52N2O3Sn. The summed E-state index contributed by atoms with van der Waals surface area (Å²) in [7, 11) is 0. The second-order valence-corrected chi connectivity index (χ2v) is 25.7. The van der Waals surface area contributed by atoms with Crippen molar-refractivity contribution < 1.29 is 14.4 Å². The van der Waals surface area contributed by atoms with E-state index in [2.05, 4.69) is 38.4 Å². The fraction of sp³-hybridized carbons (Fsp3) is 0.759. The summed E-state index contributed by atoms with van der Waals surface area (Å²) in [6, 6.07) is 10.4. The third-order valence-electron chi connectivity index (χ3n) is 7.29. The van der Waals surface area contributed by atoms with E-state index in [0.29, 0.717) is 19.1 Å². The molecule has 1 saturated heterocycles. The van der Waals surface area contributed by atoms with Crippen LogP contribution in [0.1, 0.15) is 85.6 Å². The normalized spacial score (nSPS) is 18.7. The molecule has 1 aliphatic rings. The van der Waals surface area contributed by atoms with E-state index in [-0.39, 0.29) is 12.1 Å². The summed E-state index contributed by atoms with van der Waals surface area (Å²) in [5.41, 5.74) is 4.08. The zero-order valence-electron chi connectivity index (χ0n) is 23.4. The molecule has 1 aromatic rings. The summed E-state index contributed by atoms with van der Waals surface area (Å²) in [4.78, 5) is 20.9. The summed E-state index contributed by atoms with van der Waals surface area (Å²) in [5, 5.41) is 0. The number of rotatable bonds is 15. The van der Waals surface area contributed by atoms with Crippen LogP contribution < -0.4 is 5.48 Å². The summed E-state index contributed by atoms with van der Waals surface area (Å²) in [5.74, 6) is 0.444. The molecule has 1 aliphatic heterocycles. The first-order valence-electron chi connectivity index (χ1n) is 14.1. The number of hydrogen-bond donors (Lipinski definition) is 1. The maximum atomic E-state index is 13.0. The van der Waals surface area contributed by atoms with Crippen LogP contribution in [0.4, 0.5) is 4.79 Å². The van der Waals surface area contributed by atoms with E-state index in [1.165, 1.54) is 56.3 Å². The number of amides is 1. The number of hydrogen-bond acceptors (Lipinski definition) is 4. The van der Waals surface area contributed by atoms with E-state index in [0.717, 1.165) is 12.1 Å². The van der Waals surface area contributed by atoms with Crippen molar-refractivity contribution in [1.82, 2.24) is 10.4 Å². The maximum absolute atomic E-state index is 13.0. The quantitative estimate of drug-likeness (QED) is 0.166. The summed E-state index contributed by atoms with van der Waals surface area (Å²) >= 11 is -2.37. The number of carbonyl (C=O) groups is 1. The summed E-state index contributed by atoms with van der Waals surface area (Å²) < 4.78 is 11.6. The van der Waals surface area contributed by atoms with Crippen LogP contribution in [-0.2, 0) is 16.2 Å². The van der Waals surface area contributed by atoms with Gasteiger partial charge in [0.25, 0.3) is 0 Å². The molecule has 0 saturated carbocycles. The van der Waals surface area contributed by atoms with Gasteiger partial charge in [-0.2, -0.15) is 0 Å². The van der Waals surface area contributed by atoms with Crippen LogP contribution in [-0.4, -0.2) is 54.1 Å². The predicted molar refractivity (Wildman–Crippen MR) is 149 cm³/mol. The average Bonchev–Trinajstić information content (AvgIpc) is 3.22. The van der Waals surface area contributed by atoms with E-state index < -0.39 is 24.0 Å². The second-order valence-electron chi connectivity index (χ2n) is 11.7. The standard InChI is InChI=1S/C17H25N2O3.3C4H9.Sn/c1-13-10-19(16(20)22-17(2,3)4)11-15(13)18-21-12-14-8-6-5-7-9-14;3*1-3-4-2;/h5-9,13,15,18H,1,10-12H2,2-4H3;3*1,3-4H2,2H3;. The minimum absolute atomic E-state index is 0.159. The zero-order chi connectivity index (χ0) is 25.7. The van der Waals surface area contributed by atoms with Gasteiger partial charge in [0.2, 0.25) is 0 Å². The van der Waals surface area contributed by atoms with Gasteiger partial charge in [0, 0.05) is 0 Å². The fourth-order valence-corrected chi connectivity index (χ4v) is 23.1. The topological polar surface area (TPSA) is 50.8 Å². The Morgan fingerprint density at radius 2 is 1.54 bits per heavy atom. The molecule has 0 aromatic heterocycles. The zero-order valence-corrected chi connectivity index (χ0v) is 26.3. The van der Waals surface area contributed by atoms with E-state index in [4.69, 9.17) is 9.57 Å². The van der Waals surface area contributed by atoms with E-state index in [9.17, 15) is 4.79 Å². The second kappa shape index (κ2) is 15.5. The van der Waals surface area contributed by atoms with Crippen LogP contribution in [0.15, 0.2) is 30.3 Å². The molecule has 1 N–H and O–H groups in total. The first kappa shape index (κ1) is 30.4. The molecule has 5 nitrogen and oxygen atoms in total. The number of nitrogens with zero attached hydrogens (tertiary/aromatic N) is 1. The molecule has 200 valence electrons. The first-order chi connectivity index (χ1) is 16.7. The van der Waals surface area contributed by atoms with Crippen LogP contribution in [0, 0.1) is 5.92 Å². The summed E-state index contributed by atoms with van der Waals surface area (Å²) in [6.45, 7) is 14.8. The Hall–Kier alpha value is -0.791. The van der Waals surface area contributed by atoms with Gasteiger partial charge < -0.3 is 0 Å². The van der Waals surface area contributed by atoms with Crippen molar-refractivity contribution in [3.63, 3.8) is 0 Å². The van der Waals surface area contributed by atoms with Gasteiger partial charge in [-0.3, -0.25) is 0 Å². The molecule has 0 radical (unpaired) electrons. The van der Waals surface area contributed by atoms with E-state index >= 15 is 0 Å². The van der Waals surface area contributed by atoms with Gasteiger partial charge in [0.15, 0.2) is 0 Å². The molecule has 6 heteroatoms.